The SMILES string of the molecule is CC(=O)N1CC2(CCN(Cc3nc(C)no3)CC2)C[C@@H]1C(=O)O. The molecule has 0 aliphatic carbocycles. The highest BCUT2D eigenvalue weighted by molar-refractivity contribution is 5.83. The van der Waals surface area contributed by atoms with Crippen LogP contribution < -0.4 is 0 Å². The molecule has 2 aliphatic heterocycles. The van der Waals surface area contributed by atoms with Crippen LogP contribution in [0.15, 0.2) is 4.52 Å². The van der Waals surface area contributed by atoms with Crippen LogP contribution in [-0.4, -0.2) is 62.6 Å². The molecule has 23 heavy (non-hydrogen) atoms. The highest BCUT2D eigenvalue weighted by Gasteiger charge is 2.49. The molecule has 1 spiro atoms. The van der Waals surface area contributed by atoms with Gasteiger partial charge in [0, 0.05) is 13.5 Å². The largest absolute Gasteiger partial charge is 0.480 e. The Hall–Kier alpha value is -1.96. The van der Waals surface area contributed by atoms with Crippen LogP contribution in [0.4, 0.5) is 0 Å². The van der Waals surface area contributed by atoms with Gasteiger partial charge in [-0.15, -0.1) is 0 Å². The first-order valence-electron chi connectivity index (χ1n) is 7.90. The van der Waals surface area contributed by atoms with Gasteiger partial charge in [-0.1, -0.05) is 5.16 Å². The Kier molecular flexibility index (Phi) is 4.09. The molecule has 2 fully saturated rings. The van der Waals surface area contributed by atoms with Crippen LogP contribution >= 0.6 is 0 Å². The molecule has 3 heterocycles. The van der Waals surface area contributed by atoms with Gasteiger partial charge in [0.15, 0.2) is 5.82 Å². The predicted octanol–water partition coefficient (Wildman–Crippen LogP) is 0.666. The van der Waals surface area contributed by atoms with Gasteiger partial charge in [-0.3, -0.25) is 9.69 Å². The zero-order valence-corrected chi connectivity index (χ0v) is 13.5. The molecule has 0 aromatic carbocycles. The summed E-state index contributed by atoms with van der Waals surface area (Å²) in [6.07, 6.45) is 2.32. The Balaban J connectivity index is 1.61. The standard InChI is InChI=1S/C15H22N4O4/c1-10-16-13(23-17-10)8-18-5-3-15(4-6-18)7-12(14(21)22)19(9-15)11(2)20/h12H,3-9H2,1-2H3,(H,21,22)/t12-/m1/s1. The van der Waals surface area contributed by atoms with E-state index in [0.717, 1.165) is 25.9 Å². The summed E-state index contributed by atoms with van der Waals surface area (Å²) in [4.78, 5) is 31.1. The lowest BCUT2D eigenvalue weighted by Crippen LogP contribution is -2.42. The Bertz CT molecular complexity index is 582. The van der Waals surface area contributed by atoms with Crippen molar-refractivity contribution in [3.05, 3.63) is 11.7 Å². The first-order valence-corrected chi connectivity index (χ1v) is 7.90. The molecule has 0 radical (unpaired) electrons. The Labute approximate surface area is 134 Å². The van der Waals surface area contributed by atoms with E-state index in [9.17, 15) is 14.7 Å². The number of hydrogen-bond acceptors (Lipinski definition) is 6. The number of piperidine rings is 1. The number of amides is 1. The third-order valence-corrected chi connectivity index (χ3v) is 5.04. The van der Waals surface area contributed by atoms with Crippen LogP contribution in [0.1, 0.15) is 37.9 Å². The van der Waals surface area contributed by atoms with Gasteiger partial charge in [0.1, 0.15) is 6.04 Å². The molecule has 8 heteroatoms. The van der Waals surface area contributed by atoms with Crippen LogP contribution in [0.3, 0.4) is 0 Å². The highest BCUT2D eigenvalue weighted by atomic mass is 16.5. The first-order chi connectivity index (χ1) is 10.9. The number of aromatic nitrogens is 2. The number of hydrogen-bond donors (Lipinski definition) is 1. The number of aliphatic carboxylic acids is 1. The summed E-state index contributed by atoms with van der Waals surface area (Å²) in [7, 11) is 0. The number of carboxylic acid groups (broad SMARTS) is 1. The normalized spacial score (nSPS) is 24.3. The topological polar surface area (TPSA) is 99.8 Å². The fraction of sp³-hybridized carbons (Fsp3) is 0.733. The van der Waals surface area contributed by atoms with Crippen LogP contribution in [0, 0.1) is 12.3 Å². The minimum absolute atomic E-state index is 0.0734. The molecule has 3 rings (SSSR count). The van der Waals surface area contributed by atoms with Gasteiger partial charge >= 0.3 is 5.97 Å². The highest BCUT2D eigenvalue weighted by Crippen LogP contribution is 2.43. The summed E-state index contributed by atoms with van der Waals surface area (Å²) in [6.45, 7) is 6.10. The molecule has 1 atom stereocenters. The fourth-order valence-electron chi connectivity index (χ4n) is 3.75. The molecule has 1 aromatic rings. The maximum absolute atomic E-state index is 11.7. The van der Waals surface area contributed by atoms with E-state index in [4.69, 9.17) is 4.52 Å². The molecular weight excluding hydrogens is 300 g/mol. The Morgan fingerprint density at radius 3 is 2.57 bits per heavy atom. The Morgan fingerprint density at radius 2 is 2.09 bits per heavy atom. The van der Waals surface area contributed by atoms with Crippen molar-refractivity contribution in [3.8, 4) is 0 Å². The molecular formula is C15H22N4O4. The Morgan fingerprint density at radius 1 is 1.39 bits per heavy atom. The molecule has 0 unspecified atom stereocenters. The molecule has 2 aliphatic rings. The average molecular weight is 322 g/mol. The number of carbonyl (C=O) groups excluding carboxylic acids is 1. The van der Waals surface area contributed by atoms with Gasteiger partial charge in [0.25, 0.3) is 0 Å². The first kappa shape index (κ1) is 15.9. The summed E-state index contributed by atoms with van der Waals surface area (Å²) in [5.41, 5.74) is -0.0734. The van der Waals surface area contributed by atoms with E-state index in [0.29, 0.717) is 31.2 Å². The smallest absolute Gasteiger partial charge is 0.326 e. The van der Waals surface area contributed by atoms with Gasteiger partial charge < -0.3 is 14.5 Å². The van der Waals surface area contributed by atoms with E-state index in [1.807, 2.05) is 0 Å². The second-order valence-corrected chi connectivity index (χ2v) is 6.72. The molecule has 1 N–H and O–H groups in total. The van der Waals surface area contributed by atoms with E-state index in [2.05, 4.69) is 15.0 Å². The van der Waals surface area contributed by atoms with E-state index in [1.165, 1.54) is 11.8 Å². The summed E-state index contributed by atoms with van der Waals surface area (Å²) in [5.74, 6) is 0.184. The molecule has 1 aromatic heterocycles. The van der Waals surface area contributed by atoms with E-state index >= 15 is 0 Å². The third-order valence-electron chi connectivity index (χ3n) is 5.04. The van der Waals surface area contributed by atoms with Crippen molar-refractivity contribution < 1.29 is 19.2 Å². The molecule has 0 saturated carbocycles. The number of carbonyl (C=O) groups is 2. The summed E-state index contributed by atoms with van der Waals surface area (Å²) in [6, 6.07) is -0.683. The summed E-state index contributed by atoms with van der Waals surface area (Å²) in [5, 5.41) is 13.2. The minimum Gasteiger partial charge on any atom is -0.480 e. The van der Waals surface area contributed by atoms with Crippen LogP contribution in [0.2, 0.25) is 0 Å². The van der Waals surface area contributed by atoms with Gasteiger partial charge in [-0.2, -0.15) is 4.98 Å². The van der Waals surface area contributed by atoms with Crippen molar-refractivity contribution in [2.75, 3.05) is 19.6 Å². The second kappa shape index (κ2) is 5.92. The third kappa shape index (κ3) is 3.21. The maximum Gasteiger partial charge on any atom is 0.326 e. The van der Waals surface area contributed by atoms with Crippen molar-refractivity contribution >= 4 is 11.9 Å². The molecule has 1 amide bonds. The van der Waals surface area contributed by atoms with Crippen molar-refractivity contribution in [2.45, 2.75) is 45.7 Å². The van der Waals surface area contributed by atoms with Gasteiger partial charge in [-0.25, -0.2) is 4.79 Å². The number of carboxylic acids is 1. The maximum atomic E-state index is 11.7. The molecule has 0 bridgehead atoms. The van der Waals surface area contributed by atoms with Crippen molar-refractivity contribution in [1.82, 2.24) is 19.9 Å². The number of rotatable bonds is 3. The number of likely N-dealkylation sites (tertiary alicyclic amines) is 2. The van der Waals surface area contributed by atoms with E-state index < -0.39 is 12.0 Å². The van der Waals surface area contributed by atoms with Gasteiger partial charge in [0.05, 0.1) is 6.54 Å². The van der Waals surface area contributed by atoms with Crippen molar-refractivity contribution in [2.24, 2.45) is 5.41 Å². The van der Waals surface area contributed by atoms with Crippen molar-refractivity contribution in [3.63, 3.8) is 0 Å². The molecule has 126 valence electrons. The second-order valence-electron chi connectivity index (χ2n) is 6.72. The summed E-state index contributed by atoms with van der Waals surface area (Å²) >= 11 is 0. The summed E-state index contributed by atoms with van der Waals surface area (Å²) < 4.78 is 5.15. The van der Waals surface area contributed by atoms with E-state index in [-0.39, 0.29) is 11.3 Å². The lowest BCUT2D eigenvalue weighted by Gasteiger charge is -2.38. The number of nitrogens with zero attached hydrogens (tertiary/aromatic N) is 4. The minimum atomic E-state index is -0.902. The van der Waals surface area contributed by atoms with Crippen molar-refractivity contribution in [1.29, 1.82) is 0 Å². The fourth-order valence-corrected chi connectivity index (χ4v) is 3.75. The number of aryl methyl sites for hydroxylation is 1. The quantitative estimate of drug-likeness (QED) is 0.872. The molecule has 8 nitrogen and oxygen atoms in total. The van der Waals surface area contributed by atoms with E-state index in [1.54, 1.807) is 6.92 Å². The molecule has 2 saturated heterocycles. The van der Waals surface area contributed by atoms with Crippen LogP contribution in [0.25, 0.3) is 0 Å². The van der Waals surface area contributed by atoms with Crippen LogP contribution in [0.5, 0.6) is 0 Å². The predicted molar refractivity (Wildman–Crippen MR) is 79.4 cm³/mol. The zero-order chi connectivity index (χ0) is 16.6. The van der Waals surface area contributed by atoms with Crippen LogP contribution in [-0.2, 0) is 16.1 Å². The zero-order valence-electron chi connectivity index (χ0n) is 13.5. The average Bonchev–Trinajstić information content (AvgIpc) is 3.06. The van der Waals surface area contributed by atoms with Gasteiger partial charge in [0.2, 0.25) is 11.8 Å². The lowest BCUT2D eigenvalue weighted by atomic mass is 9.76. The monoisotopic (exact) mass is 322 g/mol. The van der Waals surface area contributed by atoms with Gasteiger partial charge in [-0.05, 0) is 44.7 Å². The lowest BCUT2D eigenvalue weighted by molar-refractivity contribution is -0.147.